The van der Waals surface area contributed by atoms with E-state index < -0.39 is 0 Å². The van der Waals surface area contributed by atoms with Crippen molar-refractivity contribution < 1.29 is 4.74 Å². The van der Waals surface area contributed by atoms with Crippen LogP contribution in [0.15, 0.2) is 18.2 Å². The van der Waals surface area contributed by atoms with Crippen molar-refractivity contribution in [3.8, 4) is 5.75 Å². The van der Waals surface area contributed by atoms with E-state index in [2.05, 4.69) is 30.4 Å². The van der Waals surface area contributed by atoms with Crippen molar-refractivity contribution in [2.45, 2.75) is 63.8 Å². The standard InChI is InChI=1S/C18H27NO/c1-2-12-19-17-10-5-3-4-8-15(17)16-9-6-7-14-11-13-20-18(14)16/h6-7,9,15,17,19H,2-5,8,10-13H2,1H3. The van der Waals surface area contributed by atoms with E-state index in [0.29, 0.717) is 12.0 Å². The molecule has 2 nitrogen and oxygen atoms in total. The summed E-state index contributed by atoms with van der Waals surface area (Å²) in [5, 5.41) is 3.80. The van der Waals surface area contributed by atoms with Gasteiger partial charge in [-0.3, -0.25) is 0 Å². The summed E-state index contributed by atoms with van der Waals surface area (Å²) in [6.45, 7) is 4.26. The molecule has 1 aromatic carbocycles. The Morgan fingerprint density at radius 3 is 3.00 bits per heavy atom. The first-order chi connectivity index (χ1) is 9.90. The molecule has 1 fully saturated rings. The molecule has 0 bridgehead atoms. The number of benzene rings is 1. The highest BCUT2D eigenvalue weighted by Gasteiger charge is 2.29. The van der Waals surface area contributed by atoms with E-state index in [1.165, 1.54) is 55.4 Å². The quantitative estimate of drug-likeness (QED) is 0.836. The van der Waals surface area contributed by atoms with Crippen LogP contribution in [0.5, 0.6) is 5.75 Å². The van der Waals surface area contributed by atoms with Gasteiger partial charge in [0.2, 0.25) is 0 Å². The molecule has 2 unspecified atom stereocenters. The van der Waals surface area contributed by atoms with Gasteiger partial charge < -0.3 is 10.1 Å². The normalized spacial score (nSPS) is 25.9. The van der Waals surface area contributed by atoms with Crippen LogP contribution in [0.2, 0.25) is 0 Å². The van der Waals surface area contributed by atoms with Gasteiger partial charge in [0, 0.05) is 18.4 Å². The smallest absolute Gasteiger partial charge is 0.126 e. The molecule has 1 aromatic rings. The van der Waals surface area contributed by atoms with E-state index in [4.69, 9.17) is 4.74 Å². The van der Waals surface area contributed by atoms with Crippen molar-refractivity contribution in [1.29, 1.82) is 0 Å². The van der Waals surface area contributed by atoms with E-state index in [0.717, 1.165) is 19.6 Å². The van der Waals surface area contributed by atoms with Crippen molar-refractivity contribution in [2.24, 2.45) is 0 Å². The fourth-order valence-corrected chi connectivity index (χ4v) is 3.79. The first-order valence-corrected chi connectivity index (χ1v) is 8.38. The van der Waals surface area contributed by atoms with Crippen molar-refractivity contribution in [2.75, 3.05) is 13.2 Å². The highest BCUT2D eigenvalue weighted by molar-refractivity contribution is 5.46. The van der Waals surface area contributed by atoms with Gasteiger partial charge in [-0.15, -0.1) is 0 Å². The van der Waals surface area contributed by atoms with E-state index in [-0.39, 0.29) is 0 Å². The van der Waals surface area contributed by atoms with Crippen LogP contribution in [0.1, 0.15) is 62.5 Å². The molecule has 0 aromatic heterocycles. The van der Waals surface area contributed by atoms with Gasteiger partial charge >= 0.3 is 0 Å². The minimum Gasteiger partial charge on any atom is -0.493 e. The number of para-hydroxylation sites is 1. The molecule has 0 amide bonds. The molecule has 0 saturated heterocycles. The molecular weight excluding hydrogens is 246 g/mol. The van der Waals surface area contributed by atoms with E-state index in [9.17, 15) is 0 Å². The summed E-state index contributed by atoms with van der Waals surface area (Å²) in [4.78, 5) is 0. The maximum absolute atomic E-state index is 5.95. The van der Waals surface area contributed by atoms with Crippen LogP contribution in [-0.2, 0) is 6.42 Å². The molecule has 2 atom stereocenters. The molecule has 3 rings (SSSR count). The molecule has 1 aliphatic heterocycles. The van der Waals surface area contributed by atoms with Crippen molar-refractivity contribution >= 4 is 0 Å². The predicted octanol–water partition coefficient (Wildman–Crippen LogP) is 4.04. The van der Waals surface area contributed by atoms with Gasteiger partial charge in [-0.2, -0.15) is 0 Å². The minimum atomic E-state index is 0.633. The maximum atomic E-state index is 5.95. The van der Waals surface area contributed by atoms with Crippen LogP contribution >= 0.6 is 0 Å². The Bertz CT molecular complexity index is 443. The third-order valence-corrected chi connectivity index (χ3v) is 4.82. The molecule has 1 N–H and O–H groups in total. The summed E-state index contributed by atoms with van der Waals surface area (Å²) in [7, 11) is 0. The van der Waals surface area contributed by atoms with Crippen LogP contribution in [0.3, 0.4) is 0 Å². The highest BCUT2D eigenvalue weighted by atomic mass is 16.5. The van der Waals surface area contributed by atoms with E-state index in [1.54, 1.807) is 0 Å². The minimum absolute atomic E-state index is 0.633. The van der Waals surface area contributed by atoms with E-state index >= 15 is 0 Å². The largest absolute Gasteiger partial charge is 0.493 e. The molecular formula is C18H27NO. The van der Waals surface area contributed by atoms with Crippen molar-refractivity contribution in [3.63, 3.8) is 0 Å². The number of ether oxygens (including phenoxy) is 1. The fraction of sp³-hybridized carbons (Fsp3) is 0.667. The molecule has 0 radical (unpaired) electrons. The zero-order valence-corrected chi connectivity index (χ0v) is 12.7. The van der Waals surface area contributed by atoms with Crippen LogP contribution in [0, 0.1) is 0 Å². The number of hydrogen-bond acceptors (Lipinski definition) is 2. The van der Waals surface area contributed by atoms with Crippen LogP contribution in [0.25, 0.3) is 0 Å². The molecule has 2 aliphatic rings. The van der Waals surface area contributed by atoms with E-state index in [1.807, 2.05) is 0 Å². The third-order valence-electron chi connectivity index (χ3n) is 4.82. The number of rotatable bonds is 4. The Balaban J connectivity index is 1.86. The number of hydrogen-bond donors (Lipinski definition) is 1. The second kappa shape index (κ2) is 6.62. The summed E-state index contributed by atoms with van der Waals surface area (Å²) in [5.41, 5.74) is 2.89. The zero-order chi connectivity index (χ0) is 13.8. The third kappa shape index (κ3) is 2.85. The van der Waals surface area contributed by atoms with Gasteiger partial charge in [0.25, 0.3) is 0 Å². The summed E-state index contributed by atoms with van der Waals surface area (Å²) in [6, 6.07) is 7.40. The predicted molar refractivity (Wildman–Crippen MR) is 83.5 cm³/mol. The van der Waals surface area contributed by atoms with Gasteiger partial charge in [-0.05, 0) is 36.9 Å². The number of nitrogens with one attached hydrogen (secondary N) is 1. The monoisotopic (exact) mass is 273 g/mol. The highest BCUT2D eigenvalue weighted by Crippen LogP contribution is 2.40. The van der Waals surface area contributed by atoms with Crippen LogP contribution < -0.4 is 10.1 Å². The topological polar surface area (TPSA) is 21.3 Å². The molecule has 1 heterocycles. The van der Waals surface area contributed by atoms with Crippen LogP contribution in [-0.4, -0.2) is 19.2 Å². The summed E-state index contributed by atoms with van der Waals surface area (Å²) in [6.07, 6.45) is 9.04. The second-order valence-electron chi connectivity index (χ2n) is 6.24. The summed E-state index contributed by atoms with van der Waals surface area (Å²) >= 11 is 0. The Morgan fingerprint density at radius 2 is 2.10 bits per heavy atom. The van der Waals surface area contributed by atoms with Gasteiger partial charge in [0.1, 0.15) is 5.75 Å². The molecule has 0 spiro atoms. The summed E-state index contributed by atoms with van der Waals surface area (Å²) in [5.74, 6) is 1.85. The lowest BCUT2D eigenvalue weighted by atomic mass is 9.86. The zero-order valence-electron chi connectivity index (χ0n) is 12.7. The first-order valence-electron chi connectivity index (χ1n) is 8.38. The van der Waals surface area contributed by atoms with Gasteiger partial charge in [0.05, 0.1) is 6.61 Å². The first kappa shape index (κ1) is 13.9. The number of fused-ring (bicyclic) bond motifs is 1. The second-order valence-corrected chi connectivity index (χ2v) is 6.24. The molecule has 20 heavy (non-hydrogen) atoms. The maximum Gasteiger partial charge on any atom is 0.126 e. The van der Waals surface area contributed by atoms with Gasteiger partial charge in [-0.1, -0.05) is 44.4 Å². The van der Waals surface area contributed by atoms with Crippen molar-refractivity contribution in [1.82, 2.24) is 5.32 Å². The van der Waals surface area contributed by atoms with Gasteiger partial charge in [0.15, 0.2) is 0 Å². The molecule has 1 aliphatic carbocycles. The Morgan fingerprint density at radius 1 is 1.20 bits per heavy atom. The Labute approximate surface area is 122 Å². The van der Waals surface area contributed by atoms with Gasteiger partial charge in [-0.25, -0.2) is 0 Å². The average molecular weight is 273 g/mol. The molecule has 2 heteroatoms. The SMILES string of the molecule is CCCNC1CCCCCC1c1cccc2c1OCC2. The van der Waals surface area contributed by atoms with Crippen molar-refractivity contribution in [3.05, 3.63) is 29.3 Å². The lowest BCUT2D eigenvalue weighted by molar-refractivity contribution is 0.341. The molecule has 1 saturated carbocycles. The molecule has 110 valence electrons. The summed E-state index contributed by atoms with van der Waals surface area (Å²) < 4.78 is 5.95. The Kier molecular flexibility index (Phi) is 4.62. The average Bonchev–Trinajstić information content (AvgIpc) is 2.84. The Hall–Kier alpha value is -1.02. The lowest BCUT2D eigenvalue weighted by Gasteiger charge is -2.28. The lowest BCUT2D eigenvalue weighted by Crippen LogP contribution is -2.35. The van der Waals surface area contributed by atoms with Crippen LogP contribution in [0.4, 0.5) is 0 Å². The fourth-order valence-electron chi connectivity index (χ4n) is 3.79.